The van der Waals surface area contributed by atoms with Gasteiger partial charge in [0.1, 0.15) is 30.0 Å². The molecule has 0 bridgehead atoms. The van der Waals surface area contributed by atoms with Crippen LogP contribution in [-0.4, -0.2) is 89.4 Å². The van der Waals surface area contributed by atoms with E-state index in [1.807, 2.05) is 30.3 Å². The molecule has 5 unspecified atom stereocenters. The summed E-state index contributed by atoms with van der Waals surface area (Å²) in [5.74, 6) is -5.16. The summed E-state index contributed by atoms with van der Waals surface area (Å²) in [6, 6.07) is 8.66. The van der Waals surface area contributed by atoms with Crippen molar-refractivity contribution in [1.29, 1.82) is 0 Å². The van der Waals surface area contributed by atoms with E-state index >= 15 is 0 Å². The Morgan fingerprint density at radius 2 is 1.71 bits per heavy atom. The van der Waals surface area contributed by atoms with Gasteiger partial charge in [0, 0.05) is 12.1 Å². The first kappa shape index (κ1) is 29.1. The molecule has 7 atom stereocenters. The Morgan fingerprint density at radius 1 is 1.02 bits per heavy atom. The molecule has 3 aromatic rings. The average Bonchev–Trinajstić information content (AvgIpc) is 3.45. The SMILES string of the molecule is O=C(C1OC(CO)C(O)C(n2cc(-c3cc(F)c(F)c(F)c3)nn2)C1O)N(Cc1ccccc1)[C@H]1CCCC[C@@H]1O. The van der Waals surface area contributed by atoms with Crippen LogP contribution in [0.3, 0.4) is 0 Å². The second-order valence-electron chi connectivity index (χ2n) is 10.5. The van der Waals surface area contributed by atoms with Crippen LogP contribution in [0.2, 0.25) is 0 Å². The lowest BCUT2D eigenvalue weighted by atomic mass is 9.88. The first-order valence-electron chi connectivity index (χ1n) is 13.4. The highest BCUT2D eigenvalue weighted by atomic mass is 19.2. The number of rotatable bonds is 7. The summed E-state index contributed by atoms with van der Waals surface area (Å²) in [5.41, 5.74) is 0.558. The van der Waals surface area contributed by atoms with E-state index in [-0.39, 0.29) is 17.8 Å². The smallest absolute Gasteiger partial charge is 0.255 e. The fourth-order valence-electron chi connectivity index (χ4n) is 5.63. The number of ether oxygens (including phenoxy) is 1. The van der Waals surface area contributed by atoms with Gasteiger partial charge in [0.25, 0.3) is 5.91 Å². The Bertz CT molecular complexity index is 1340. The number of hydrogen-bond donors (Lipinski definition) is 4. The molecule has 10 nitrogen and oxygen atoms in total. The minimum absolute atomic E-state index is 0.0897. The topological polar surface area (TPSA) is 141 Å². The lowest BCUT2D eigenvalue weighted by Gasteiger charge is -2.45. The Labute approximate surface area is 233 Å². The normalized spacial score (nSPS) is 28.4. The van der Waals surface area contributed by atoms with Crippen molar-refractivity contribution in [3.05, 3.63) is 71.7 Å². The molecular formula is C28H31F3N4O6. The van der Waals surface area contributed by atoms with Crippen molar-refractivity contribution in [2.75, 3.05) is 6.61 Å². The fraction of sp³-hybridized carbons (Fsp3) is 0.464. The fourth-order valence-corrected chi connectivity index (χ4v) is 5.63. The number of amides is 1. The molecule has 2 heterocycles. The maximum atomic E-state index is 14.0. The summed E-state index contributed by atoms with van der Waals surface area (Å²) in [6.07, 6.45) is -3.09. The highest BCUT2D eigenvalue weighted by Crippen LogP contribution is 2.34. The van der Waals surface area contributed by atoms with Gasteiger partial charge < -0.3 is 30.1 Å². The molecule has 1 saturated heterocycles. The van der Waals surface area contributed by atoms with Gasteiger partial charge in [0.05, 0.1) is 24.9 Å². The quantitative estimate of drug-likeness (QED) is 0.312. The standard InChI is InChI=1S/C28H31F3N4O6/c29-17-10-16(11-18(30)23(17)31)19-13-35(33-32-19)24-25(38)22(14-36)41-27(26(24)39)28(40)34(12-15-6-2-1-3-7-15)20-8-4-5-9-21(20)37/h1-3,6-7,10-11,13,20-22,24-27,36-39H,4-5,8-9,12,14H2/t20-,21-,22?,24?,25?,26?,27?/m0/s1. The largest absolute Gasteiger partial charge is 0.394 e. The van der Waals surface area contributed by atoms with E-state index in [0.29, 0.717) is 12.8 Å². The van der Waals surface area contributed by atoms with Crippen molar-refractivity contribution < 1.29 is 43.1 Å². The summed E-state index contributed by atoms with van der Waals surface area (Å²) in [5, 5.41) is 50.8. The van der Waals surface area contributed by atoms with Crippen LogP contribution in [0.4, 0.5) is 13.2 Å². The Hall–Kier alpha value is -3.36. The van der Waals surface area contributed by atoms with Crippen LogP contribution in [0.5, 0.6) is 0 Å². The zero-order chi connectivity index (χ0) is 29.3. The summed E-state index contributed by atoms with van der Waals surface area (Å²) in [7, 11) is 0. The molecule has 13 heteroatoms. The van der Waals surface area contributed by atoms with Gasteiger partial charge in [-0.25, -0.2) is 17.9 Å². The lowest BCUT2D eigenvalue weighted by molar-refractivity contribution is -0.214. The molecule has 5 rings (SSSR count). The summed E-state index contributed by atoms with van der Waals surface area (Å²) in [4.78, 5) is 15.5. The minimum Gasteiger partial charge on any atom is -0.394 e. The lowest BCUT2D eigenvalue weighted by Crippen LogP contribution is -2.62. The number of halogens is 3. The van der Waals surface area contributed by atoms with Gasteiger partial charge in [-0.2, -0.15) is 0 Å². The minimum atomic E-state index is -1.70. The average molecular weight is 577 g/mol. The number of benzene rings is 2. The van der Waals surface area contributed by atoms with Crippen LogP contribution in [0, 0.1) is 17.5 Å². The Kier molecular flexibility index (Phi) is 8.71. The number of carbonyl (C=O) groups excluding carboxylic acids is 1. The zero-order valence-corrected chi connectivity index (χ0v) is 21.9. The second-order valence-corrected chi connectivity index (χ2v) is 10.5. The molecule has 1 aliphatic heterocycles. The molecule has 1 aromatic heterocycles. The van der Waals surface area contributed by atoms with Gasteiger partial charge in [-0.1, -0.05) is 48.4 Å². The van der Waals surface area contributed by atoms with Crippen molar-refractivity contribution in [1.82, 2.24) is 19.9 Å². The number of hydrogen-bond acceptors (Lipinski definition) is 8. The van der Waals surface area contributed by atoms with Crippen molar-refractivity contribution in [3.63, 3.8) is 0 Å². The van der Waals surface area contributed by atoms with E-state index in [4.69, 9.17) is 4.74 Å². The van der Waals surface area contributed by atoms with Gasteiger partial charge in [-0.05, 0) is 30.5 Å². The van der Waals surface area contributed by atoms with Crippen molar-refractivity contribution in [2.24, 2.45) is 0 Å². The maximum absolute atomic E-state index is 14.0. The van der Waals surface area contributed by atoms with Gasteiger partial charge in [-0.15, -0.1) is 5.10 Å². The Morgan fingerprint density at radius 3 is 2.37 bits per heavy atom. The second kappa shape index (κ2) is 12.2. The van der Waals surface area contributed by atoms with Crippen LogP contribution < -0.4 is 0 Å². The summed E-state index contributed by atoms with van der Waals surface area (Å²) in [6.45, 7) is -0.574. The van der Waals surface area contributed by atoms with E-state index in [1.165, 1.54) is 11.1 Å². The number of carbonyl (C=O) groups is 1. The van der Waals surface area contributed by atoms with Crippen LogP contribution in [0.1, 0.15) is 37.3 Å². The monoisotopic (exact) mass is 576 g/mol. The summed E-state index contributed by atoms with van der Waals surface area (Å²) < 4.78 is 47.8. The van der Waals surface area contributed by atoms with Crippen molar-refractivity contribution >= 4 is 5.91 Å². The van der Waals surface area contributed by atoms with E-state index < -0.39 is 72.6 Å². The molecule has 0 spiro atoms. The highest BCUT2D eigenvalue weighted by molar-refractivity contribution is 5.82. The molecular weight excluding hydrogens is 545 g/mol. The van der Waals surface area contributed by atoms with Crippen LogP contribution in [0.15, 0.2) is 48.7 Å². The van der Waals surface area contributed by atoms with E-state index in [9.17, 15) is 38.4 Å². The Balaban J connectivity index is 1.46. The number of nitrogens with zero attached hydrogens (tertiary/aromatic N) is 4. The van der Waals surface area contributed by atoms with Gasteiger partial charge in [-0.3, -0.25) is 4.79 Å². The zero-order valence-electron chi connectivity index (χ0n) is 21.9. The van der Waals surface area contributed by atoms with E-state index in [1.54, 1.807) is 0 Å². The third kappa shape index (κ3) is 5.86. The predicted octanol–water partition coefficient (Wildman–Crippen LogP) is 1.72. The van der Waals surface area contributed by atoms with Crippen LogP contribution in [0.25, 0.3) is 11.3 Å². The molecule has 220 valence electrons. The number of aliphatic hydroxyl groups excluding tert-OH is 4. The molecule has 1 amide bonds. The van der Waals surface area contributed by atoms with Crippen LogP contribution in [-0.2, 0) is 16.1 Å². The first-order chi connectivity index (χ1) is 19.7. The van der Waals surface area contributed by atoms with Gasteiger partial charge in [0.15, 0.2) is 23.6 Å². The highest BCUT2D eigenvalue weighted by Gasteiger charge is 2.50. The molecule has 1 aliphatic carbocycles. The molecule has 1 saturated carbocycles. The molecule has 0 radical (unpaired) electrons. The van der Waals surface area contributed by atoms with Gasteiger partial charge in [0.2, 0.25) is 0 Å². The molecule has 4 N–H and O–H groups in total. The van der Waals surface area contributed by atoms with Crippen LogP contribution >= 0.6 is 0 Å². The number of aliphatic hydroxyl groups is 4. The predicted molar refractivity (Wildman–Crippen MR) is 137 cm³/mol. The maximum Gasteiger partial charge on any atom is 0.255 e. The van der Waals surface area contributed by atoms with Crippen molar-refractivity contribution in [2.45, 2.75) is 74.8 Å². The molecule has 2 aliphatic rings. The first-order valence-corrected chi connectivity index (χ1v) is 13.4. The molecule has 41 heavy (non-hydrogen) atoms. The molecule has 2 fully saturated rings. The third-order valence-electron chi connectivity index (χ3n) is 7.80. The summed E-state index contributed by atoms with van der Waals surface area (Å²) >= 11 is 0. The number of aromatic nitrogens is 3. The van der Waals surface area contributed by atoms with Crippen molar-refractivity contribution in [3.8, 4) is 11.3 Å². The van der Waals surface area contributed by atoms with E-state index in [0.717, 1.165) is 35.2 Å². The molecule has 2 aromatic carbocycles. The van der Waals surface area contributed by atoms with Gasteiger partial charge >= 0.3 is 0 Å². The third-order valence-corrected chi connectivity index (χ3v) is 7.80. The van der Waals surface area contributed by atoms with E-state index in [2.05, 4.69) is 10.3 Å².